The molecule has 0 N–H and O–H groups in total. The van der Waals surface area contributed by atoms with Crippen molar-refractivity contribution in [3.8, 4) is 55.9 Å². The van der Waals surface area contributed by atoms with Gasteiger partial charge in [0.05, 0.1) is 33.4 Å². The molecule has 98 heavy (non-hydrogen) atoms. The molecule has 2 aliphatic rings. The molecule has 0 unspecified atom stereocenters. The molecule has 0 aliphatic carbocycles. The monoisotopic (exact) mass is 1260 g/mol. The number of nitrogens with zero attached hydrogens (tertiary/aromatic N) is 4. The maximum atomic E-state index is 2.74. The van der Waals surface area contributed by atoms with E-state index in [2.05, 4.69) is 367 Å². The second-order valence-corrected chi connectivity index (χ2v) is 29.6. The third-order valence-electron chi connectivity index (χ3n) is 21.3. The average molecular weight is 1270 g/mol. The zero-order chi connectivity index (χ0) is 66.9. The third kappa shape index (κ3) is 9.86. The lowest BCUT2D eigenvalue weighted by Gasteiger charge is -2.46. The summed E-state index contributed by atoms with van der Waals surface area (Å²) in [5, 5.41) is 5.05. The second-order valence-electron chi connectivity index (χ2n) is 29.6. The van der Waals surface area contributed by atoms with Crippen LogP contribution in [-0.2, 0) is 23.7 Å². The van der Waals surface area contributed by atoms with E-state index in [1.807, 2.05) is 0 Å². The first-order valence-electron chi connectivity index (χ1n) is 35.3. The lowest BCUT2D eigenvalue weighted by atomic mass is 9.33. The quantitative estimate of drug-likeness (QED) is 0.120. The molecule has 0 fully saturated rings. The van der Waals surface area contributed by atoms with Gasteiger partial charge in [0.15, 0.2) is 0 Å². The molecule has 0 saturated heterocycles. The molecule has 0 spiro atoms. The van der Waals surface area contributed by atoms with Gasteiger partial charge < -0.3 is 18.9 Å². The van der Waals surface area contributed by atoms with Crippen LogP contribution in [0.3, 0.4) is 0 Å². The third-order valence-corrected chi connectivity index (χ3v) is 21.3. The SMILES string of the molecule is CCc1ccc2c(c1)c1cc(CC)ccc1n2-c1ccc2c(c1)N(c1c(-c3ccccc3)cc(C(C)(C)C)cc1-c1ccccc1)c1cc(C(C)C)cc3c1B2c1ccc(-n2c4ccccc4c4ccccc42)cc1N3c1c(-c2ccccc2)cc(C(C)(C)C)cc1-c1ccccc1. The van der Waals surface area contributed by atoms with Gasteiger partial charge >= 0.3 is 0 Å². The van der Waals surface area contributed by atoms with Crippen molar-refractivity contribution in [3.05, 3.63) is 307 Å². The number of fused-ring (bicyclic) bond motifs is 10. The topological polar surface area (TPSA) is 16.3 Å². The van der Waals surface area contributed by atoms with Crippen LogP contribution in [-0.4, -0.2) is 15.8 Å². The van der Waals surface area contributed by atoms with E-state index < -0.39 is 0 Å². The van der Waals surface area contributed by atoms with Gasteiger partial charge in [-0.15, -0.1) is 0 Å². The highest BCUT2D eigenvalue weighted by Crippen LogP contribution is 2.55. The van der Waals surface area contributed by atoms with Gasteiger partial charge in [0.2, 0.25) is 0 Å². The molecule has 17 rings (SSSR count). The number of rotatable bonds is 11. The number of aryl methyl sites for hydroxylation is 2. The van der Waals surface area contributed by atoms with E-state index in [0.29, 0.717) is 0 Å². The van der Waals surface area contributed by atoms with Crippen LogP contribution in [0.4, 0.5) is 34.1 Å². The van der Waals surface area contributed by atoms with Crippen LogP contribution in [0.1, 0.15) is 103 Å². The minimum absolute atomic E-state index is 0.145. The highest BCUT2D eigenvalue weighted by atomic mass is 15.2. The Bertz CT molecular complexity index is 5410. The molecule has 5 heteroatoms. The Labute approximate surface area is 577 Å². The van der Waals surface area contributed by atoms with E-state index in [9.17, 15) is 0 Å². The Morgan fingerprint density at radius 2 is 0.663 bits per heavy atom. The van der Waals surface area contributed by atoms with Crippen molar-refractivity contribution in [1.29, 1.82) is 0 Å². The van der Waals surface area contributed by atoms with Gasteiger partial charge in [-0.2, -0.15) is 0 Å². The van der Waals surface area contributed by atoms with Gasteiger partial charge in [0.25, 0.3) is 6.71 Å². The van der Waals surface area contributed by atoms with Crippen LogP contribution in [0.5, 0.6) is 0 Å². The van der Waals surface area contributed by atoms with Crippen LogP contribution in [0, 0.1) is 0 Å². The molecule has 0 bridgehead atoms. The number of hydrogen-bond donors (Lipinski definition) is 0. The Morgan fingerprint density at radius 1 is 0.327 bits per heavy atom. The van der Waals surface area contributed by atoms with Crippen LogP contribution >= 0.6 is 0 Å². The summed E-state index contributed by atoms with van der Waals surface area (Å²) < 4.78 is 5.06. The lowest BCUT2D eigenvalue weighted by Crippen LogP contribution is -2.61. The predicted octanol–water partition coefficient (Wildman–Crippen LogP) is 23.5. The largest absolute Gasteiger partial charge is 0.310 e. The lowest BCUT2D eigenvalue weighted by molar-refractivity contribution is 0.590. The van der Waals surface area contributed by atoms with E-state index in [1.54, 1.807) is 0 Å². The first kappa shape index (κ1) is 60.8. The smallest absolute Gasteiger partial charge is 0.252 e. The van der Waals surface area contributed by atoms with Crippen molar-refractivity contribution in [3.63, 3.8) is 0 Å². The fourth-order valence-electron chi connectivity index (χ4n) is 16.1. The number of hydrogen-bond acceptors (Lipinski definition) is 2. The van der Waals surface area contributed by atoms with Crippen LogP contribution in [0.15, 0.2) is 279 Å². The summed E-state index contributed by atoms with van der Waals surface area (Å²) in [5.41, 5.74) is 33.3. The van der Waals surface area contributed by atoms with Crippen molar-refractivity contribution in [2.75, 3.05) is 9.80 Å². The molecule has 476 valence electrons. The molecule has 15 aromatic rings. The van der Waals surface area contributed by atoms with Crippen molar-refractivity contribution in [2.45, 2.75) is 98.8 Å². The fourth-order valence-corrected chi connectivity index (χ4v) is 16.1. The summed E-state index contributed by atoms with van der Waals surface area (Å²) >= 11 is 0. The molecule has 2 aromatic heterocycles. The molecule has 0 saturated carbocycles. The van der Waals surface area contributed by atoms with Crippen molar-refractivity contribution in [1.82, 2.24) is 9.13 Å². The van der Waals surface area contributed by atoms with Gasteiger partial charge in [-0.25, -0.2) is 0 Å². The molecular formula is C93H81BN4. The molecular weight excluding hydrogens is 1180 g/mol. The summed E-state index contributed by atoms with van der Waals surface area (Å²) in [6, 6.07) is 107. The molecule has 4 heterocycles. The van der Waals surface area contributed by atoms with E-state index in [-0.39, 0.29) is 23.5 Å². The maximum Gasteiger partial charge on any atom is 0.252 e. The van der Waals surface area contributed by atoms with Crippen molar-refractivity contribution >= 4 is 101 Å². The summed E-state index contributed by atoms with van der Waals surface area (Å²) in [5.74, 6) is 0.145. The molecule has 0 amide bonds. The Hall–Kier alpha value is -10.9. The summed E-state index contributed by atoms with van der Waals surface area (Å²) in [7, 11) is 0. The molecule has 13 aromatic carbocycles. The Balaban J connectivity index is 1.06. The first-order chi connectivity index (χ1) is 47.6. The van der Waals surface area contributed by atoms with Gasteiger partial charge in [-0.1, -0.05) is 251 Å². The molecule has 0 radical (unpaired) electrons. The zero-order valence-corrected chi connectivity index (χ0v) is 57.9. The highest BCUT2D eigenvalue weighted by molar-refractivity contribution is 7.00. The van der Waals surface area contributed by atoms with Gasteiger partial charge in [-0.3, -0.25) is 0 Å². The summed E-state index contributed by atoms with van der Waals surface area (Å²) in [4.78, 5) is 5.47. The van der Waals surface area contributed by atoms with Gasteiger partial charge in [0.1, 0.15) is 0 Å². The number of anilines is 6. The van der Waals surface area contributed by atoms with Crippen LogP contribution in [0.25, 0.3) is 99.5 Å². The van der Waals surface area contributed by atoms with Crippen LogP contribution in [0.2, 0.25) is 0 Å². The second kappa shape index (κ2) is 23.5. The van der Waals surface area contributed by atoms with Gasteiger partial charge in [-0.05, 0) is 193 Å². The summed E-state index contributed by atoms with van der Waals surface area (Å²) in [6.07, 6.45) is 1.93. The molecule has 4 nitrogen and oxygen atoms in total. The Kier molecular flexibility index (Phi) is 14.5. The Morgan fingerprint density at radius 3 is 1.00 bits per heavy atom. The van der Waals surface area contributed by atoms with E-state index in [4.69, 9.17) is 0 Å². The number of aromatic nitrogens is 2. The zero-order valence-electron chi connectivity index (χ0n) is 57.9. The van der Waals surface area contributed by atoms with Crippen molar-refractivity contribution < 1.29 is 0 Å². The minimum Gasteiger partial charge on any atom is -0.310 e. The average Bonchev–Trinajstić information content (AvgIpc) is 0.745. The van der Waals surface area contributed by atoms with E-state index in [1.165, 1.54) is 144 Å². The highest BCUT2D eigenvalue weighted by Gasteiger charge is 2.46. The molecule has 0 atom stereocenters. The van der Waals surface area contributed by atoms with Crippen molar-refractivity contribution in [2.24, 2.45) is 0 Å². The van der Waals surface area contributed by atoms with E-state index in [0.717, 1.165) is 47.0 Å². The summed E-state index contributed by atoms with van der Waals surface area (Å²) in [6.45, 7) is 23.3. The van der Waals surface area contributed by atoms with Gasteiger partial charge in [0, 0.05) is 77.9 Å². The number of para-hydroxylation sites is 2. The van der Waals surface area contributed by atoms with Crippen LogP contribution < -0.4 is 26.2 Å². The predicted molar refractivity (Wildman–Crippen MR) is 421 cm³/mol. The normalized spacial score (nSPS) is 12.9. The minimum atomic E-state index is -0.208. The number of benzene rings is 13. The fraction of sp³-hybridized carbons (Fsp3) is 0.161. The maximum absolute atomic E-state index is 2.74. The standard InChI is InChI=1S/C93H81BN4/c1-11-60-41-47-83-77(49-60)78-50-61(12-2)42-48-84(78)96(83)70-44-46-80-86(58-70)98(91-75(64-33-21-15-22-34-64)55-68(93(8,9)10)56-76(91)65-35-23-16-24-36-65)88-52-66(59(3)4)51-87-89(88)94(80)79-45-43-69(95-81-39-27-25-37-71(81)72-38-26-28-40-82(72)95)57-85(79)97(87)90-73(62-29-17-13-18-30-62)53-67(92(5,6)7)54-74(90)63-31-19-14-20-32-63/h13-59H,11-12H2,1-10H3. The molecule has 2 aliphatic heterocycles. The van der Waals surface area contributed by atoms with E-state index >= 15 is 0 Å². The first-order valence-corrected chi connectivity index (χ1v) is 35.3.